The number of unbranched alkanes of at least 4 members (excludes halogenated alkanes) is 1. The molecule has 2 aromatic rings. The number of aromatic amines is 1. The second-order valence-corrected chi connectivity index (χ2v) is 5.86. The van der Waals surface area contributed by atoms with Crippen molar-refractivity contribution < 1.29 is 0 Å². The van der Waals surface area contributed by atoms with Crippen molar-refractivity contribution in [3.8, 4) is 0 Å². The van der Waals surface area contributed by atoms with Gasteiger partial charge in [-0.15, -0.1) is 0 Å². The first-order valence-corrected chi connectivity index (χ1v) is 8.07. The molecule has 0 bridgehead atoms. The second kappa shape index (κ2) is 8.20. The van der Waals surface area contributed by atoms with Gasteiger partial charge in [-0.25, -0.2) is 4.98 Å². The van der Waals surface area contributed by atoms with Gasteiger partial charge in [0.25, 0.3) is 0 Å². The van der Waals surface area contributed by atoms with Gasteiger partial charge in [0.05, 0.1) is 5.69 Å². The lowest BCUT2D eigenvalue weighted by Crippen LogP contribution is -2.20. The minimum Gasteiger partial charge on any atom is -0.344 e. The van der Waals surface area contributed by atoms with Crippen LogP contribution in [-0.4, -0.2) is 16.5 Å². The molecule has 0 aliphatic carbocycles. The topological polar surface area (TPSA) is 40.7 Å². The van der Waals surface area contributed by atoms with E-state index in [2.05, 4.69) is 53.4 Å². The molecule has 1 aromatic carbocycles. The molecular weight excluding hydrogens is 282 g/mol. The van der Waals surface area contributed by atoms with E-state index in [-0.39, 0.29) is 0 Å². The van der Waals surface area contributed by atoms with Crippen molar-refractivity contribution >= 4 is 11.6 Å². The molecule has 0 saturated heterocycles. The fourth-order valence-electron chi connectivity index (χ4n) is 2.33. The van der Waals surface area contributed by atoms with Crippen molar-refractivity contribution in [2.45, 2.75) is 45.6 Å². The van der Waals surface area contributed by atoms with Gasteiger partial charge in [0.15, 0.2) is 5.15 Å². The molecule has 0 aliphatic rings. The number of hydrogen-bond acceptors (Lipinski definition) is 2. The van der Waals surface area contributed by atoms with Crippen LogP contribution in [0, 0.1) is 0 Å². The number of aryl methyl sites for hydroxylation is 1. The molecule has 1 aromatic heterocycles. The van der Waals surface area contributed by atoms with Gasteiger partial charge >= 0.3 is 0 Å². The Kier molecular flexibility index (Phi) is 6.27. The maximum absolute atomic E-state index is 6.17. The SMILES string of the molecule is CCCCc1nc(Cl)c(CNCC(C)c2ccccc2)[nH]1. The van der Waals surface area contributed by atoms with Crippen molar-refractivity contribution in [3.05, 3.63) is 52.6 Å². The first kappa shape index (κ1) is 16.1. The van der Waals surface area contributed by atoms with E-state index in [0.29, 0.717) is 11.1 Å². The third-order valence-corrected chi connectivity index (χ3v) is 3.98. The van der Waals surface area contributed by atoms with E-state index in [4.69, 9.17) is 11.6 Å². The van der Waals surface area contributed by atoms with E-state index in [1.54, 1.807) is 0 Å². The fraction of sp³-hybridized carbons (Fsp3) is 0.471. The predicted octanol–water partition coefficient (Wildman–Crippen LogP) is 4.30. The zero-order valence-corrected chi connectivity index (χ0v) is 13.6. The van der Waals surface area contributed by atoms with Crippen LogP contribution in [0.25, 0.3) is 0 Å². The lowest BCUT2D eigenvalue weighted by molar-refractivity contribution is 0.608. The lowest BCUT2D eigenvalue weighted by atomic mass is 10.0. The van der Waals surface area contributed by atoms with Gasteiger partial charge in [-0.1, -0.05) is 62.2 Å². The molecule has 21 heavy (non-hydrogen) atoms. The molecular formula is C17H24ClN3. The van der Waals surface area contributed by atoms with Crippen LogP contribution in [-0.2, 0) is 13.0 Å². The summed E-state index contributed by atoms with van der Waals surface area (Å²) in [5.41, 5.74) is 2.34. The Morgan fingerprint density at radius 3 is 2.76 bits per heavy atom. The number of rotatable bonds is 8. The molecule has 1 atom stereocenters. The van der Waals surface area contributed by atoms with Gasteiger partial charge < -0.3 is 10.3 Å². The third-order valence-electron chi connectivity index (χ3n) is 3.67. The van der Waals surface area contributed by atoms with Crippen LogP contribution in [0.15, 0.2) is 30.3 Å². The summed E-state index contributed by atoms with van der Waals surface area (Å²) in [6.45, 7) is 6.06. The maximum Gasteiger partial charge on any atom is 0.151 e. The van der Waals surface area contributed by atoms with E-state index < -0.39 is 0 Å². The minimum absolute atomic E-state index is 0.479. The summed E-state index contributed by atoms with van der Waals surface area (Å²) in [7, 11) is 0. The fourth-order valence-corrected chi connectivity index (χ4v) is 2.55. The summed E-state index contributed by atoms with van der Waals surface area (Å²) in [5, 5.41) is 4.05. The normalized spacial score (nSPS) is 12.5. The van der Waals surface area contributed by atoms with Gasteiger partial charge in [-0.2, -0.15) is 0 Å². The molecule has 1 unspecified atom stereocenters. The second-order valence-electron chi connectivity index (χ2n) is 5.50. The van der Waals surface area contributed by atoms with Crippen molar-refractivity contribution in [1.82, 2.24) is 15.3 Å². The molecule has 0 saturated carbocycles. The largest absolute Gasteiger partial charge is 0.344 e. The Morgan fingerprint density at radius 2 is 2.05 bits per heavy atom. The van der Waals surface area contributed by atoms with Crippen molar-refractivity contribution in [1.29, 1.82) is 0 Å². The molecule has 0 aliphatic heterocycles. The number of nitrogens with zero attached hydrogens (tertiary/aromatic N) is 1. The monoisotopic (exact) mass is 305 g/mol. The van der Waals surface area contributed by atoms with Crippen LogP contribution in [0.1, 0.15) is 49.7 Å². The number of halogens is 1. The molecule has 2 N–H and O–H groups in total. The predicted molar refractivity (Wildman–Crippen MR) is 88.8 cm³/mol. The Morgan fingerprint density at radius 1 is 1.29 bits per heavy atom. The summed E-state index contributed by atoms with van der Waals surface area (Å²) in [4.78, 5) is 7.70. The highest BCUT2D eigenvalue weighted by Crippen LogP contribution is 2.16. The summed E-state index contributed by atoms with van der Waals surface area (Å²) in [6.07, 6.45) is 3.28. The van der Waals surface area contributed by atoms with E-state index in [0.717, 1.165) is 37.4 Å². The Balaban J connectivity index is 1.82. The van der Waals surface area contributed by atoms with E-state index >= 15 is 0 Å². The Hall–Kier alpha value is -1.32. The summed E-state index contributed by atoms with van der Waals surface area (Å²) in [5.74, 6) is 1.47. The van der Waals surface area contributed by atoms with Crippen LogP contribution >= 0.6 is 11.6 Å². The standard InChI is InChI=1S/C17H24ClN3/c1-3-4-10-16-20-15(17(18)21-16)12-19-11-13(2)14-8-6-5-7-9-14/h5-9,13,19H,3-4,10-12H2,1-2H3,(H,20,21). The molecule has 0 amide bonds. The van der Waals surface area contributed by atoms with E-state index in [1.807, 2.05) is 6.07 Å². The highest BCUT2D eigenvalue weighted by atomic mass is 35.5. The summed E-state index contributed by atoms with van der Waals surface area (Å²) < 4.78 is 0. The van der Waals surface area contributed by atoms with Crippen LogP contribution < -0.4 is 5.32 Å². The van der Waals surface area contributed by atoms with Gasteiger partial charge in [-0.05, 0) is 17.9 Å². The quantitative estimate of drug-likeness (QED) is 0.763. The highest BCUT2D eigenvalue weighted by molar-refractivity contribution is 6.30. The van der Waals surface area contributed by atoms with Crippen molar-refractivity contribution in [2.75, 3.05) is 6.54 Å². The minimum atomic E-state index is 0.479. The molecule has 114 valence electrons. The molecule has 2 rings (SSSR count). The van der Waals surface area contributed by atoms with Crippen LogP contribution in [0.5, 0.6) is 0 Å². The van der Waals surface area contributed by atoms with Crippen molar-refractivity contribution in [3.63, 3.8) is 0 Å². The lowest BCUT2D eigenvalue weighted by Gasteiger charge is -2.12. The molecule has 4 heteroatoms. The Bertz CT molecular complexity index is 536. The van der Waals surface area contributed by atoms with Crippen LogP contribution in [0.3, 0.4) is 0 Å². The molecule has 0 fully saturated rings. The number of H-pyrrole nitrogens is 1. The van der Waals surface area contributed by atoms with Gasteiger partial charge in [0.1, 0.15) is 5.82 Å². The van der Waals surface area contributed by atoms with Gasteiger partial charge in [-0.3, -0.25) is 0 Å². The highest BCUT2D eigenvalue weighted by Gasteiger charge is 2.09. The van der Waals surface area contributed by atoms with Gasteiger partial charge in [0.2, 0.25) is 0 Å². The number of nitrogens with one attached hydrogen (secondary N) is 2. The maximum atomic E-state index is 6.17. The smallest absolute Gasteiger partial charge is 0.151 e. The average molecular weight is 306 g/mol. The first-order chi connectivity index (χ1) is 10.2. The van der Waals surface area contributed by atoms with Gasteiger partial charge in [0, 0.05) is 19.5 Å². The number of benzene rings is 1. The zero-order valence-electron chi connectivity index (χ0n) is 12.8. The van der Waals surface area contributed by atoms with E-state index in [1.165, 1.54) is 12.0 Å². The number of hydrogen-bond donors (Lipinski definition) is 2. The zero-order chi connectivity index (χ0) is 15.1. The Labute approximate surface area is 132 Å². The first-order valence-electron chi connectivity index (χ1n) is 7.69. The number of aromatic nitrogens is 2. The average Bonchev–Trinajstić information content (AvgIpc) is 2.86. The summed E-state index contributed by atoms with van der Waals surface area (Å²) in [6, 6.07) is 10.5. The molecule has 3 nitrogen and oxygen atoms in total. The molecule has 0 spiro atoms. The van der Waals surface area contributed by atoms with Crippen LogP contribution in [0.4, 0.5) is 0 Å². The van der Waals surface area contributed by atoms with E-state index in [9.17, 15) is 0 Å². The number of imidazole rings is 1. The van der Waals surface area contributed by atoms with Crippen molar-refractivity contribution in [2.24, 2.45) is 0 Å². The molecule has 1 heterocycles. The third kappa shape index (κ3) is 4.87. The van der Waals surface area contributed by atoms with Crippen LogP contribution in [0.2, 0.25) is 5.15 Å². The summed E-state index contributed by atoms with van der Waals surface area (Å²) >= 11 is 6.17. The molecule has 0 radical (unpaired) electrons.